The van der Waals surface area contributed by atoms with Crippen molar-refractivity contribution in [3.63, 3.8) is 0 Å². The monoisotopic (exact) mass is 323 g/mol. The number of benzene rings is 1. The number of hydrogen-bond acceptors (Lipinski definition) is 4. The first-order chi connectivity index (χ1) is 10.7. The maximum absolute atomic E-state index is 12.7. The average Bonchev–Trinajstić information content (AvgIpc) is 2.91. The van der Waals surface area contributed by atoms with Crippen molar-refractivity contribution in [3.05, 3.63) is 29.3 Å². The van der Waals surface area contributed by atoms with E-state index in [0.717, 1.165) is 51.4 Å². The highest BCUT2D eigenvalue weighted by atomic mass is 35.5. The summed E-state index contributed by atoms with van der Waals surface area (Å²) in [5.41, 5.74) is 0.815. The quantitative estimate of drug-likeness (QED) is 0.900. The topological polar surface area (TPSA) is 47.0 Å². The summed E-state index contributed by atoms with van der Waals surface area (Å²) in [6.45, 7) is 5.23. The van der Waals surface area contributed by atoms with Gasteiger partial charge in [-0.05, 0) is 18.6 Å². The number of halogens is 1. The molecule has 5 nitrogen and oxygen atoms in total. The number of carbonyl (C=O) groups is 1. The third-order valence-corrected chi connectivity index (χ3v) is 4.90. The molecule has 2 saturated heterocycles. The zero-order chi connectivity index (χ0) is 15.5. The molecule has 2 aliphatic rings. The second-order valence-corrected chi connectivity index (χ2v) is 6.25. The van der Waals surface area contributed by atoms with E-state index in [9.17, 15) is 4.79 Å². The fraction of sp³-hybridized carbons (Fsp3) is 0.562. The van der Waals surface area contributed by atoms with Gasteiger partial charge in [0.05, 0.1) is 23.4 Å². The molecule has 22 heavy (non-hydrogen) atoms. The van der Waals surface area contributed by atoms with Gasteiger partial charge in [-0.15, -0.1) is 0 Å². The van der Waals surface area contributed by atoms with Gasteiger partial charge in [0.1, 0.15) is 0 Å². The van der Waals surface area contributed by atoms with E-state index in [4.69, 9.17) is 16.7 Å². The van der Waals surface area contributed by atoms with Crippen molar-refractivity contribution in [2.45, 2.75) is 12.5 Å². The Morgan fingerprint density at radius 1 is 1.14 bits per heavy atom. The molecule has 1 unspecified atom stereocenters. The van der Waals surface area contributed by atoms with Crippen LogP contribution >= 0.6 is 11.6 Å². The molecule has 1 aromatic rings. The van der Waals surface area contributed by atoms with Crippen LogP contribution in [0.25, 0.3) is 0 Å². The van der Waals surface area contributed by atoms with Crippen LogP contribution in [-0.4, -0.2) is 72.7 Å². The molecular weight excluding hydrogens is 302 g/mol. The maximum Gasteiger partial charge on any atom is 0.244 e. The number of amides is 1. The highest BCUT2D eigenvalue weighted by Gasteiger charge is 2.38. The minimum Gasteiger partial charge on any atom is -0.395 e. The van der Waals surface area contributed by atoms with Crippen LogP contribution in [0.1, 0.15) is 6.42 Å². The molecule has 1 amide bonds. The van der Waals surface area contributed by atoms with Gasteiger partial charge in [-0.25, -0.2) is 0 Å². The fourth-order valence-corrected chi connectivity index (χ4v) is 3.59. The van der Waals surface area contributed by atoms with Gasteiger partial charge in [0.15, 0.2) is 0 Å². The Hall–Kier alpha value is -1.14. The summed E-state index contributed by atoms with van der Waals surface area (Å²) in [5.74, 6) is 0.156. The number of piperazine rings is 1. The molecule has 0 bridgehead atoms. The van der Waals surface area contributed by atoms with Crippen molar-refractivity contribution in [1.82, 2.24) is 9.80 Å². The first-order valence-electron chi connectivity index (χ1n) is 7.84. The molecule has 0 aromatic heterocycles. The fourth-order valence-electron chi connectivity index (χ4n) is 3.35. The number of β-amino-alcohol motifs (C(OH)–C–C–N with tert-alkyl or cyclic N) is 1. The molecular formula is C16H22ClN3O2. The van der Waals surface area contributed by atoms with Crippen molar-refractivity contribution < 1.29 is 9.90 Å². The van der Waals surface area contributed by atoms with Gasteiger partial charge < -0.3 is 10.0 Å². The number of nitrogens with zero attached hydrogens (tertiary/aromatic N) is 3. The Balaban J connectivity index is 1.64. The molecule has 0 aliphatic carbocycles. The summed E-state index contributed by atoms with van der Waals surface area (Å²) in [4.78, 5) is 19.1. The summed E-state index contributed by atoms with van der Waals surface area (Å²) >= 11 is 6.22. The molecule has 1 atom stereocenters. The summed E-state index contributed by atoms with van der Waals surface area (Å²) in [5, 5.41) is 9.63. The lowest BCUT2D eigenvalue weighted by Gasteiger charge is -2.37. The van der Waals surface area contributed by atoms with Crippen molar-refractivity contribution >= 4 is 23.2 Å². The van der Waals surface area contributed by atoms with Crippen LogP contribution in [0, 0.1) is 0 Å². The molecule has 2 fully saturated rings. The Labute approximate surface area is 136 Å². The highest BCUT2D eigenvalue weighted by Crippen LogP contribution is 2.30. The minimum absolute atomic E-state index is 0.0347. The van der Waals surface area contributed by atoms with Gasteiger partial charge in [-0.3, -0.25) is 14.6 Å². The Kier molecular flexibility index (Phi) is 4.98. The van der Waals surface area contributed by atoms with E-state index < -0.39 is 0 Å². The Morgan fingerprint density at radius 2 is 1.86 bits per heavy atom. The zero-order valence-electron chi connectivity index (χ0n) is 12.6. The molecule has 0 spiro atoms. The summed E-state index contributed by atoms with van der Waals surface area (Å²) in [6, 6.07) is 7.49. The number of anilines is 1. The largest absolute Gasteiger partial charge is 0.395 e. The maximum atomic E-state index is 12.7. The van der Waals surface area contributed by atoms with Gasteiger partial charge in [0.25, 0.3) is 0 Å². The van der Waals surface area contributed by atoms with Crippen LogP contribution < -0.4 is 4.90 Å². The van der Waals surface area contributed by atoms with E-state index in [2.05, 4.69) is 9.80 Å². The van der Waals surface area contributed by atoms with Gasteiger partial charge in [0.2, 0.25) is 5.91 Å². The highest BCUT2D eigenvalue weighted by molar-refractivity contribution is 6.33. The number of rotatable bonds is 4. The number of hydrogen-bond donors (Lipinski definition) is 1. The van der Waals surface area contributed by atoms with Crippen molar-refractivity contribution in [1.29, 1.82) is 0 Å². The van der Waals surface area contributed by atoms with E-state index in [1.807, 2.05) is 29.2 Å². The van der Waals surface area contributed by atoms with E-state index in [1.165, 1.54) is 0 Å². The van der Waals surface area contributed by atoms with Crippen LogP contribution in [0.4, 0.5) is 5.69 Å². The van der Waals surface area contributed by atoms with Crippen LogP contribution in [0.3, 0.4) is 0 Å². The van der Waals surface area contributed by atoms with E-state index in [0.29, 0.717) is 5.02 Å². The van der Waals surface area contributed by atoms with Crippen molar-refractivity contribution in [3.8, 4) is 0 Å². The number of carbonyl (C=O) groups excluding carboxylic acids is 1. The zero-order valence-corrected chi connectivity index (χ0v) is 13.4. The number of aliphatic hydroxyl groups is 1. The second-order valence-electron chi connectivity index (χ2n) is 5.85. The smallest absolute Gasteiger partial charge is 0.244 e. The lowest BCUT2D eigenvalue weighted by atomic mass is 10.2. The number of para-hydroxylation sites is 1. The predicted octanol–water partition coefficient (Wildman–Crippen LogP) is 1.06. The SMILES string of the molecule is O=C1C(N2CCN(CCO)CC2)CCN1c1ccccc1Cl. The molecule has 1 aromatic carbocycles. The molecule has 0 saturated carbocycles. The summed E-state index contributed by atoms with van der Waals surface area (Å²) in [7, 11) is 0. The van der Waals surface area contributed by atoms with Gasteiger partial charge in [-0.2, -0.15) is 0 Å². The average molecular weight is 324 g/mol. The van der Waals surface area contributed by atoms with Crippen LogP contribution in [0.15, 0.2) is 24.3 Å². The van der Waals surface area contributed by atoms with E-state index in [1.54, 1.807) is 0 Å². The lowest BCUT2D eigenvalue weighted by molar-refractivity contribution is -0.122. The lowest BCUT2D eigenvalue weighted by Crippen LogP contribution is -2.52. The van der Waals surface area contributed by atoms with E-state index in [-0.39, 0.29) is 18.6 Å². The second kappa shape index (κ2) is 6.96. The predicted molar refractivity (Wildman–Crippen MR) is 87.3 cm³/mol. The molecule has 0 radical (unpaired) electrons. The normalized spacial score (nSPS) is 24.2. The molecule has 3 rings (SSSR count). The first kappa shape index (κ1) is 15.7. The molecule has 6 heteroatoms. The van der Waals surface area contributed by atoms with Crippen LogP contribution in [0.2, 0.25) is 5.02 Å². The minimum atomic E-state index is -0.0347. The summed E-state index contributed by atoms with van der Waals surface area (Å²) < 4.78 is 0. The van der Waals surface area contributed by atoms with Crippen molar-refractivity contribution in [2.24, 2.45) is 0 Å². The summed E-state index contributed by atoms with van der Waals surface area (Å²) in [6.07, 6.45) is 0.851. The molecule has 2 aliphatic heterocycles. The molecule has 2 heterocycles. The standard InChI is InChI=1S/C16H22ClN3O2/c17-13-3-1-2-4-14(13)20-6-5-15(16(20)22)19-9-7-18(8-10-19)11-12-21/h1-4,15,21H,5-12H2. The van der Waals surface area contributed by atoms with Gasteiger partial charge >= 0.3 is 0 Å². The van der Waals surface area contributed by atoms with Crippen molar-refractivity contribution in [2.75, 3.05) is 50.8 Å². The Bertz CT molecular complexity index is 532. The first-order valence-corrected chi connectivity index (χ1v) is 8.21. The van der Waals surface area contributed by atoms with E-state index >= 15 is 0 Å². The Morgan fingerprint density at radius 3 is 2.55 bits per heavy atom. The van der Waals surface area contributed by atoms with Gasteiger partial charge in [-0.1, -0.05) is 23.7 Å². The third-order valence-electron chi connectivity index (χ3n) is 4.58. The number of aliphatic hydroxyl groups excluding tert-OH is 1. The van der Waals surface area contributed by atoms with Crippen LogP contribution in [-0.2, 0) is 4.79 Å². The third kappa shape index (κ3) is 3.13. The molecule has 1 N–H and O–H groups in total. The molecule has 120 valence electrons. The van der Waals surface area contributed by atoms with Gasteiger partial charge in [0, 0.05) is 39.3 Å². The van der Waals surface area contributed by atoms with Crippen LogP contribution in [0.5, 0.6) is 0 Å².